The number of amides is 1. The molecule has 2 atom stereocenters. The van der Waals surface area contributed by atoms with E-state index in [0.717, 1.165) is 0 Å². The van der Waals surface area contributed by atoms with E-state index in [1.54, 1.807) is 38.1 Å². The first-order valence-electron chi connectivity index (χ1n) is 5.92. The van der Waals surface area contributed by atoms with Gasteiger partial charge < -0.3 is 20.9 Å². The molecule has 6 nitrogen and oxygen atoms in total. The average molecular weight is 266 g/mol. The predicted octanol–water partition coefficient (Wildman–Crippen LogP) is 1.07. The molecule has 0 fully saturated rings. The molecule has 1 aromatic rings. The minimum atomic E-state index is -1.08. The zero-order valence-electron chi connectivity index (χ0n) is 10.9. The lowest BCUT2D eigenvalue weighted by atomic mass is 10.0. The number of benzene rings is 1. The van der Waals surface area contributed by atoms with Gasteiger partial charge in [0.15, 0.2) is 6.61 Å². The Morgan fingerprint density at radius 2 is 2.00 bits per heavy atom. The van der Waals surface area contributed by atoms with Crippen molar-refractivity contribution in [3.05, 3.63) is 24.3 Å². The van der Waals surface area contributed by atoms with Gasteiger partial charge in [-0.15, -0.1) is 0 Å². The van der Waals surface area contributed by atoms with Gasteiger partial charge in [-0.2, -0.15) is 0 Å². The van der Waals surface area contributed by atoms with Crippen molar-refractivity contribution < 1.29 is 19.4 Å². The minimum absolute atomic E-state index is 0.235. The van der Waals surface area contributed by atoms with Crippen molar-refractivity contribution in [1.82, 2.24) is 0 Å². The molecule has 19 heavy (non-hydrogen) atoms. The van der Waals surface area contributed by atoms with Gasteiger partial charge in [-0.25, -0.2) is 4.79 Å². The lowest BCUT2D eigenvalue weighted by Crippen LogP contribution is -2.34. The van der Waals surface area contributed by atoms with Crippen LogP contribution in [-0.4, -0.2) is 29.6 Å². The first-order valence-corrected chi connectivity index (χ1v) is 5.92. The normalized spacial score (nSPS) is 13.4. The average Bonchev–Trinajstić information content (AvgIpc) is 2.36. The molecule has 0 aliphatic heterocycles. The van der Waals surface area contributed by atoms with Crippen LogP contribution in [0.15, 0.2) is 24.3 Å². The molecular weight excluding hydrogens is 248 g/mol. The molecule has 2 unspecified atom stereocenters. The molecular formula is C13H18N2O4. The number of ether oxygens (including phenoxy) is 1. The van der Waals surface area contributed by atoms with Crippen LogP contribution in [0.1, 0.15) is 13.8 Å². The molecule has 0 aliphatic rings. The summed E-state index contributed by atoms with van der Waals surface area (Å²) in [4.78, 5) is 22.4. The molecule has 1 rings (SSSR count). The number of hydrogen-bond donors (Lipinski definition) is 3. The maximum Gasteiger partial charge on any atom is 0.341 e. The SMILES string of the molecule is CC(N)C(C)C(=O)Nc1ccccc1OCC(=O)O. The van der Waals surface area contributed by atoms with Gasteiger partial charge in [0.2, 0.25) is 5.91 Å². The zero-order chi connectivity index (χ0) is 14.4. The van der Waals surface area contributed by atoms with Crippen LogP contribution in [0.2, 0.25) is 0 Å². The Kier molecular flexibility index (Phi) is 5.32. The van der Waals surface area contributed by atoms with Crippen LogP contribution < -0.4 is 15.8 Å². The summed E-state index contributed by atoms with van der Waals surface area (Å²) in [5.74, 6) is -1.35. The molecule has 0 spiro atoms. The van der Waals surface area contributed by atoms with Gasteiger partial charge in [0.1, 0.15) is 5.75 Å². The van der Waals surface area contributed by atoms with Gasteiger partial charge in [0.25, 0.3) is 0 Å². The van der Waals surface area contributed by atoms with Gasteiger partial charge in [-0.1, -0.05) is 19.1 Å². The fourth-order valence-electron chi connectivity index (χ4n) is 1.32. The van der Waals surface area contributed by atoms with Gasteiger partial charge in [-0.3, -0.25) is 4.79 Å². The first kappa shape index (κ1) is 15.0. The van der Waals surface area contributed by atoms with E-state index in [1.165, 1.54) is 0 Å². The molecule has 1 aromatic carbocycles. The molecule has 0 aromatic heterocycles. The number of aliphatic carboxylic acids is 1. The molecule has 0 heterocycles. The van der Waals surface area contributed by atoms with E-state index in [2.05, 4.69) is 5.32 Å². The summed E-state index contributed by atoms with van der Waals surface area (Å²) in [7, 11) is 0. The maximum absolute atomic E-state index is 11.9. The molecule has 4 N–H and O–H groups in total. The quantitative estimate of drug-likeness (QED) is 0.715. The van der Waals surface area contributed by atoms with Crippen molar-refractivity contribution in [3.63, 3.8) is 0 Å². The Morgan fingerprint density at radius 1 is 1.37 bits per heavy atom. The lowest BCUT2D eigenvalue weighted by Gasteiger charge is -2.17. The van der Waals surface area contributed by atoms with Crippen LogP contribution in [0.3, 0.4) is 0 Å². The highest BCUT2D eigenvalue weighted by Gasteiger charge is 2.18. The summed E-state index contributed by atoms with van der Waals surface area (Å²) < 4.78 is 5.09. The van der Waals surface area contributed by atoms with Crippen molar-refractivity contribution in [1.29, 1.82) is 0 Å². The Morgan fingerprint density at radius 3 is 2.58 bits per heavy atom. The zero-order valence-corrected chi connectivity index (χ0v) is 10.9. The summed E-state index contributed by atoms with van der Waals surface area (Å²) in [6, 6.07) is 6.38. The Balaban J connectivity index is 2.77. The van der Waals surface area contributed by atoms with Crippen LogP contribution in [0.5, 0.6) is 5.75 Å². The lowest BCUT2D eigenvalue weighted by molar-refractivity contribution is -0.139. The molecule has 0 bridgehead atoms. The molecule has 0 radical (unpaired) electrons. The topological polar surface area (TPSA) is 102 Å². The fourth-order valence-corrected chi connectivity index (χ4v) is 1.32. The standard InChI is InChI=1S/C13H18N2O4/c1-8(9(2)14)13(18)15-10-5-3-4-6-11(10)19-7-12(16)17/h3-6,8-9H,7,14H2,1-2H3,(H,15,18)(H,16,17). The minimum Gasteiger partial charge on any atom is -0.480 e. The third-order valence-electron chi connectivity index (χ3n) is 2.70. The number of rotatable bonds is 6. The molecule has 0 saturated carbocycles. The van der Waals surface area contributed by atoms with E-state index < -0.39 is 12.6 Å². The Labute approximate surface area is 111 Å². The number of nitrogens with one attached hydrogen (secondary N) is 1. The number of carbonyl (C=O) groups excluding carboxylic acids is 1. The summed E-state index contributed by atoms with van der Waals surface area (Å²) in [6.45, 7) is 3.01. The number of anilines is 1. The van der Waals surface area contributed by atoms with Gasteiger partial charge in [-0.05, 0) is 19.1 Å². The number of carbonyl (C=O) groups is 2. The van der Waals surface area contributed by atoms with E-state index >= 15 is 0 Å². The molecule has 104 valence electrons. The smallest absolute Gasteiger partial charge is 0.341 e. The van der Waals surface area contributed by atoms with E-state index in [0.29, 0.717) is 11.4 Å². The summed E-state index contributed by atoms with van der Waals surface area (Å²) >= 11 is 0. The summed E-state index contributed by atoms with van der Waals surface area (Å²) in [5, 5.41) is 11.3. The molecule has 1 amide bonds. The Hall–Kier alpha value is -2.08. The largest absolute Gasteiger partial charge is 0.480 e. The van der Waals surface area contributed by atoms with Crippen molar-refractivity contribution in [3.8, 4) is 5.75 Å². The van der Waals surface area contributed by atoms with Crippen molar-refractivity contribution in [2.24, 2.45) is 11.7 Å². The Bertz CT molecular complexity index is 460. The fraction of sp³-hybridized carbons (Fsp3) is 0.385. The van der Waals surface area contributed by atoms with E-state index in [9.17, 15) is 9.59 Å². The number of para-hydroxylation sites is 2. The second-order valence-electron chi connectivity index (χ2n) is 4.32. The molecule has 6 heteroatoms. The van der Waals surface area contributed by atoms with Crippen LogP contribution in [0, 0.1) is 5.92 Å². The van der Waals surface area contributed by atoms with Crippen LogP contribution in [0.4, 0.5) is 5.69 Å². The second-order valence-corrected chi connectivity index (χ2v) is 4.32. The van der Waals surface area contributed by atoms with E-state index in [1.807, 2.05) is 0 Å². The third kappa shape index (κ3) is 4.59. The second kappa shape index (κ2) is 6.75. The first-order chi connectivity index (χ1) is 8.91. The number of carboxylic acid groups (broad SMARTS) is 1. The van der Waals surface area contributed by atoms with Gasteiger partial charge in [0, 0.05) is 6.04 Å². The molecule has 0 aliphatic carbocycles. The van der Waals surface area contributed by atoms with Gasteiger partial charge in [0.05, 0.1) is 11.6 Å². The van der Waals surface area contributed by atoms with Crippen LogP contribution in [-0.2, 0) is 9.59 Å². The third-order valence-corrected chi connectivity index (χ3v) is 2.70. The summed E-state index contributed by atoms with van der Waals surface area (Å²) in [5.41, 5.74) is 6.09. The van der Waals surface area contributed by atoms with Crippen molar-refractivity contribution in [2.45, 2.75) is 19.9 Å². The van der Waals surface area contributed by atoms with E-state index in [4.69, 9.17) is 15.6 Å². The monoisotopic (exact) mass is 266 g/mol. The predicted molar refractivity (Wildman–Crippen MR) is 71.0 cm³/mol. The van der Waals surface area contributed by atoms with E-state index in [-0.39, 0.29) is 17.9 Å². The highest BCUT2D eigenvalue weighted by molar-refractivity contribution is 5.94. The molecule has 0 saturated heterocycles. The number of nitrogens with two attached hydrogens (primary N) is 1. The number of carboxylic acids is 1. The van der Waals surface area contributed by atoms with Gasteiger partial charge >= 0.3 is 5.97 Å². The van der Waals surface area contributed by atoms with Crippen molar-refractivity contribution in [2.75, 3.05) is 11.9 Å². The number of hydrogen-bond acceptors (Lipinski definition) is 4. The van der Waals surface area contributed by atoms with Crippen LogP contribution >= 0.6 is 0 Å². The van der Waals surface area contributed by atoms with Crippen molar-refractivity contribution >= 4 is 17.6 Å². The highest BCUT2D eigenvalue weighted by Crippen LogP contribution is 2.24. The maximum atomic E-state index is 11.9. The van der Waals surface area contributed by atoms with Crippen LogP contribution in [0.25, 0.3) is 0 Å². The summed E-state index contributed by atoms with van der Waals surface area (Å²) in [6.07, 6.45) is 0. The highest BCUT2D eigenvalue weighted by atomic mass is 16.5.